The summed E-state index contributed by atoms with van der Waals surface area (Å²) in [6, 6.07) is 12.5. The number of halogens is 2. The second-order valence-corrected chi connectivity index (χ2v) is 8.80. The average molecular weight is 649 g/mol. The molecule has 0 saturated carbocycles. The van der Waals surface area contributed by atoms with Crippen molar-refractivity contribution >= 4 is 37.8 Å². The van der Waals surface area contributed by atoms with E-state index in [0.717, 1.165) is 10.2 Å². The first-order valence-corrected chi connectivity index (χ1v) is 12.3. The second-order valence-electron chi connectivity index (χ2n) is 7.03. The summed E-state index contributed by atoms with van der Waals surface area (Å²) in [6.07, 6.45) is 4.59. The number of hydrogen-bond acceptors (Lipinski definition) is 10. The van der Waals surface area contributed by atoms with Crippen molar-refractivity contribution in [2.45, 2.75) is 19.8 Å². The quantitative estimate of drug-likeness (QED) is 0.299. The van der Waals surface area contributed by atoms with Gasteiger partial charge in [0.25, 0.3) is 0 Å². The highest BCUT2D eigenvalue weighted by Gasteiger charge is 2.15. The largest absolute Gasteiger partial charge is 0.476 e. The predicted octanol–water partition coefficient (Wildman–Crippen LogP) is 3.71. The Hall–Kier alpha value is -3.61. The number of methoxy groups -OCH3 is 2. The predicted molar refractivity (Wildman–Crippen MR) is 142 cm³/mol. The van der Waals surface area contributed by atoms with Crippen molar-refractivity contribution in [3.8, 4) is 11.8 Å². The van der Waals surface area contributed by atoms with E-state index in [1.54, 1.807) is 37.6 Å². The normalized spacial score (nSPS) is 9.89. The first-order valence-electron chi connectivity index (χ1n) is 10.7. The molecule has 0 radical (unpaired) electrons. The van der Waals surface area contributed by atoms with Crippen LogP contribution in [0.4, 0.5) is 0 Å². The van der Waals surface area contributed by atoms with Gasteiger partial charge < -0.3 is 19.7 Å². The van der Waals surface area contributed by atoms with E-state index in [4.69, 9.17) is 24.9 Å². The average Bonchev–Trinajstić information content (AvgIpc) is 3.46. The molecule has 0 aliphatic rings. The number of aliphatic hydroxyl groups is 1. The minimum Gasteiger partial charge on any atom is -0.476 e. The molecule has 198 valence electrons. The number of carbonyl (C=O) groups is 1. The number of carboxylic acid groups (broad SMARTS) is 1. The summed E-state index contributed by atoms with van der Waals surface area (Å²) in [5.41, 5.74) is 2.61. The van der Waals surface area contributed by atoms with Gasteiger partial charge in [-0.2, -0.15) is 15.5 Å². The van der Waals surface area contributed by atoms with Gasteiger partial charge in [-0.3, -0.25) is 4.98 Å². The zero-order valence-corrected chi connectivity index (χ0v) is 23.5. The van der Waals surface area contributed by atoms with Gasteiger partial charge in [-0.05, 0) is 68.3 Å². The van der Waals surface area contributed by atoms with Crippen molar-refractivity contribution < 1.29 is 24.5 Å². The fraction of sp³-hybridized carbons (Fsp3) is 0.208. The van der Waals surface area contributed by atoms with Crippen LogP contribution in [0.1, 0.15) is 33.3 Å². The number of aromatic nitrogens is 6. The lowest BCUT2D eigenvalue weighted by atomic mass is 10.2. The fourth-order valence-corrected chi connectivity index (χ4v) is 3.21. The van der Waals surface area contributed by atoms with E-state index in [2.05, 4.69) is 57.0 Å². The highest BCUT2D eigenvalue weighted by molar-refractivity contribution is 9.10. The number of carboxylic acids is 1. The van der Waals surface area contributed by atoms with Crippen molar-refractivity contribution in [2.75, 3.05) is 14.2 Å². The lowest BCUT2D eigenvalue weighted by Gasteiger charge is -2.06. The van der Waals surface area contributed by atoms with Crippen LogP contribution in [0.5, 0.6) is 0 Å². The molecule has 0 amide bonds. The van der Waals surface area contributed by atoms with Crippen LogP contribution in [-0.2, 0) is 29.3 Å². The summed E-state index contributed by atoms with van der Waals surface area (Å²) < 4.78 is 11.4. The van der Waals surface area contributed by atoms with E-state index >= 15 is 0 Å². The number of aromatic carboxylic acids is 1. The van der Waals surface area contributed by atoms with Gasteiger partial charge >= 0.3 is 5.97 Å². The van der Waals surface area contributed by atoms with E-state index < -0.39 is 5.97 Å². The fourth-order valence-electron chi connectivity index (χ4n) is 2.67. The Morgan fingerprint density at radius 1 is 0.974 bits per heavy atom. The molecule has 0 aliphatic carbocycles. The standard InChI is InChI=1S/C10H10N4O3.C8H7BrN2O.C6H6BrNO/c1-17-6-7-2-3-8(9(13-7)10(15)16)14-11-4-5-12-14;1-12-5-6-2-3-7(9)8(4-10)11-6;7-5-1-2-6(4-9)8-3-5/h2-5H,6H2,1H3,(H,15,16);2-3H,5H2,1H3;1-3,9H,4H2. The lowest BCUT2D eigenvalue weighted by molar-refractivity contribution is 0.0689. The molecule has 4 heterocycles. The first kappa shape index (κ1) is 30.6. The van der Waals surface area contributed by atoms with Gasteiger partial charge in [-0.1, -0.05) is 0 Å². The van der Waals surface area contributed by atoms with Crippen LogP contribution in [0.2, 0.25) is 0 Å². The molecule has 0 bridgehead atoms. The Bertz CT molecular complexity index is 1350. The van der Waals surface area contributed by atoms with E-state index in [-0.39, 0.29) is 18.9 Å². The molecule has 0 fully saturated rings. The highest BCUT2D eigenvalue weighted by atomic mass is 79.9. The third kappa shape index (κ3) is 9.69. The molecule has 0 saturated heterocycles. The Balaban J connectivity index is 0.000000212. The van der Waals surface area contributed by atoms with Gasteiger partial charge in [-0.15, -0.1) is 4.80 Å². The number of hydrogen-bond donors (Lipinski definition) is 2. The SMILES string of the molecule is COCc1ccc(-n2nccn2)c(C(=O)O)n1.COCc1ccc(Br)c(C#N)n1.OCc1ccc(Br)cn1. The molecule has 0 aromatic carbocycles. The summed E-state index contributed by atoms with van der Waals surface area (Å²) in [4.78, 5) is 24.3. The van der Waals surface area contributed by atoms with Gasteiger partial charge in [-0.25, -0.2) is 14.8 Å². The van der Waals surface area contributed by atoms with Crippen LogP contribution < -0.4 is 0 Å². The van der Waals surface area contributed by atoms with E-state index in [1.165, 1.54) is 24.3 Å². The van der Waals surface area contributed by atoms with Crippen molar-refractivity contribution in [3.63, 3.8) is 0 Å². The molecule has 12 nitrogen and oxygen atoms in total. The van der Waals surface area contributed by atoms with Crippen LogP contribution >= 0.6 is 31.9 Å². The van der Waals surface area contributed by atoms with Crippen LogP contribution in [0, 0.1) is 11.3 Å². The van der Waals surface area contributed by atoms with Gasteiger partial charge in [0.1, 0.15) is 11.8 Å². The molecule has 4 rings (SSSR count). The maximum Gasteiger partial charge on any atom is 0.356 e. The van der Waals surface area contributed by atoms with E-state index in [9.17, 15) is 4.79 Å². The number of aliphatic hydroxyl groups excluding tert-OH is 1. The van der Waals surface area contributed by atoms with E-state index in [0.29, 0.717) is 33.8 Å². The third-order valence-electron chi connectivity index (χ3n) is 4.31. The molecule has 4 aromatic rings. The number of rotatable bonds is 7. The summed E-state index contributed by atoms with van der Waals surface area (Å²) in [5, 5.41) is 34.0. The van der Waals surface area contributed by atoms with Gasteiger partial charge in [0.2, 0.25) is 0 Å². The molecular weight excluding hydrogens is 626 g/mol. The van der Waals surface area contributed by atoms with Crippen molar-refractivity contribution in [3.05, 3.63) is 92.4 Å². The smallest absolute Gasteiger partial charge is 0.356 e. The van der Waals surface area contributed by atoms with Crippen LogP contribution in [-0.4, -0.2) is 60.3 Å². The van der Waals surface area contributed by atoms with Gasteiger partial charge in [0.15, 0.2) is 11.4 Å². The Morgan fingerprint density at radius 2 is 1.58 bits per heavy atom. The molecule has 0 atom stereocenters. The molecule has 38 heavy (non-hydrogen) atoms. The highest BCUT2D eigenvalue weighted by Crippen LogP contribution is 2.14. The third-order valence-corrected chi connectivity index (χ3v) is 5.42. The van der Waals surface area contributed by atoms with E-state index in [1.807, 2.05) is 18.2 Å². The molecular formula is C24H23Br2N7O5. The topological polar surface area (TPSA) is 169 Å². The van der Waals surface area contributed by atoms with Crippen LogP contribution in [0.25, 0.3) is 5.69 Å². The number of nitrogens with zero attached hydrogens (tertiary/aromatic N) is 7. The van der Waals surface area contributed by atoms with Gasteiger partial charge in [0.05, 0.1) is 53.8 Å². The monoisotopic (exact) mass is 647 g/mol. The summed E-state index contributed by atoms with van der Waals surface area (Å²) in [6.45, 7) is 0.697. The van der Waals surface area contributed by atoms with Crippen molar-refractivity contribution in [1.82, 2.24) is 29.9 Å². The Morgan fingerprint density at radius 3 is 2.11 bits per heavy atom. The molecule has 4 aromatic heterocycles. The molecule has 2 N–H and O–H groups in total. The minimum atomic E-state index is -1.13. The molecule has 0 aliphatic heterocycles. The first-order chi connectivity index (χ1) is 18.3. The van der Waals surface area contributed by atoms with Gasteiger partial charge in [0, 0.05) is 24.9 Å². The summed E-state index contributed by atoms with van der Waals surface area (Å²) in [5.74, 6) is -1.13. The van der Waals surface area contributed by atoms with Crippen molar-refractivity contribution in [2.24, 2.45) is 0 Å². The van der Waals surface area contributed by atoms with Crippen LogP contribution in [0.15, 0.2) is 63.9 Å². The lowest BCUT2D eigenvalue weighted by Crippen LogP contribution is -2.11. The second kappa shape index (κ2) is 16.3. The Labute approximate surface area is 235 Å². The Kier molecular flexibility index (Phi) is 13.1. The zero-order chi connectivity index (χ0) is 27.9. The molecule has 0 unspecified atom stereocenters. The zero-order valence-electron chi connectivity index (χ0n) is 20.3. The summed E-state index contributed by atoms with van der Waals surface area (Å²) >= 11 is 6.45. The number of ether oxygens (including phenoxy) is 2. The molecule has 0 spiro atoms. The number of nitriles is 1. The summed E-state index contributed by atoms with van der Waals surface area (Å²) in [7, 11) is 3.11. The maximum atomic E-state index is 11.1. The minimum absolute atomic E-state index is 0.00722. The number of pyridine rings is 3. The van der Waals surface area contributed by atoms with Crippen molar-refractivity contribution in [1.29, 1.82) is 5.26 Å². The maximum absolute atomic E-state index is 11.1. The van der Waals surface area contributed by atoms with Crippen LogP contribution in [0.3, 0.4) is 0 Å². The molecule has 14 heteroatoms.